The van der Waals surface area contributed by atoms with Crippen LogP contribution in [0, 0.1) is 17.8 Å². The lowest BCUT2D eigenvalue weighted by molar-refractivity contribution is -0.121. The molecule has 1 heterocycles. The molecule has 5 heteroatoms. The van der Waals surface area contributed by atoms with Crippen molar-refractivity contribution in [2.45, 2.75) is 59.3 Å². The van der Waals surface area contributed by atoms with E-state index in [1.54, 1.807) is 0 Å². The molecule has 1 saturated heterocycles. The maximum atomic E-state index is 12.0. The molecule has 0 aromatic rings. The van der Waals surface area contributed by atoms with Gasteiger partial charge in [0.15, 0.2) is 5.96 Å². The normalized spacial score (nSPS) is 25.8. The number of likely N-dealkylation sites (tertiary alicyclic amines) is 1. The summed E-state index contributed by atoms with van der Waals surface area (Å²) in [6.07, 6.45) is 7.03. The number of carbonyl (C=O) groups is 1. The van der Waals surface area contributed by atoms with E-state index in [2.05, 4.69) is 36.3 Å². The molecule has 138 valence electrons. The number of aliphatic imine (C=N–C) groups is 1. The summed E-state index contributed by atoms with van der Waals surface area (Å²) in [6, 6.07) is 0. The van der Waals surface area contributed by atoms with Gasteiger partial charge in [-0.2, -0.15) is 0 Å². The first-order valence-electron chi connectivity index (χ1n) is 9.88. The molecule has 1 amide bonds. The van der Waals surface area contributed by atoms with Crippen LogP contribution in [0.2, 0.25) is 0 Å². The highest BCUT2D eigenvalue weighted by molar-refractivity contribution is 5.80. The number of amides is 1. The molecule has 2 unspecified atom stereocenters. The van der Waals surface area contributed by atoms with E-state index in [0.29, 0.717) is 37.3 Å². The van der Waals surface area contributed by atoms with Gasteiger partial charge in [0.2, 0.25) is 5.91 Å². The van der Waals surface area contributed by atoms with Crippen LogP contribution in [0.4, 0.5) is 0 Å². The Bertz CT molecular complexity index is 408. The van der Waals surface area contributed by atoms with Gasteiger partial charge in [0.1, 0.15) is 0 Å². The van der Waals surface area contributed by atoms with E-state index in [9.17, 15) is 4.79 Å². The van der Waals surface area contributed by atoms with Crippen molar-refractivity contribution in [3.63, 3.8) is 0 Å². The molecular weight excluding hydrogens is 300 g/mol. The zero-order chi connectivity index (χ0) is 17.4. The van der Waals surface area contributed by atoms with Crippen LogP contribution in [0.15, 0.2) is 4.99 Å². The highest BCUT2D eigenvalue weighted by Crippen LogP contribution is 2.27. The Kier molecular flexibility index (Phi) is 7.86. The van der Waals surface area contributed by atoms with Crippen LogP contribution in [-0.2, 0) is 4.79 Å². The van der Waals surface area contributed by atoms with Gasteiger partial charge in [-0.1, -0.05) is 26.7 Å². The smallest absolute Gasteiger partial charge is 0.220 e. The number of hydrogen-bond acceptors (Lipinski definition) is 2. The minimum Gasteiger partial charge on any atom is -0.357 e. The monoisotopic (exact) mass is 336 g/mol. The van der Waals surface area contributed by atoms with Crippen LogP contribution >= 0.6 is 0 Å². The van der Waals surface area contributed by atoms with Gasteiger partial charge < -0.3 is 15.5 Å². The van der Waals surface area contributed by atoms with Crippen LogP contribution in [0.3, 0.4) is 0 Å². The molecule has 2 atom stereocenters. The van der Waals surface area contributed by atoms with Gasteiger partial charge >= 0.3 is 0 Å². The van der Waals surface area contributed by atoms with E-state index in [1.165, 1.54) is 32.1 Å². The van der Waals surface area contributed by atoms with E-state index >= 15 is 0 Å². The summed E-state index contributed by atoms with van der Waals surface area (Å²) in [4.78, 5) is 19.1. The summed E-state index contributed by atoms with van der Waals surface area (Å²) in [5, 5.41) is 6.44. The maximum absolute atomic E-state index is 12.0. The lowest BCUT2D eigenvalue weighted by Crippen LogP contribution is -2.48. The zero-order valence-corrected chi connectivity index (χ0v) is 15.8. The van der Waals surface area contributed by atoms with Gasteiger partial charge in [0.25, 0.3) is 0 Å². The molecule has 0 bridgehead atoms. The Labute approximate surface area is 147 Å². The first kappa shape index (κ1) is 19.1. The zero-order valence-electron chi connectivity index (χ0n) is 15.8. The highest BCUT2D eigenvalue weighted by Gasteiger charge is 2.24. The predicted molar refractivity (Wildman–Crippen MR) is 100 cm³/mol. The quantitative estimate of drug-likeness (QED) is 0.445. The summed E-state index contributed by atoms with van der Waals surface area (Å²) in [5.74, 6) is 3.23. The first-order valence-corrected chi connectivity index (χ1v) is 9.88. The van der Waals surface area contributed by atoms with Crippen LogP contribution in [-0.4, -0.2) is 49.5 Å². The second-order valence-corrected chi connectivity index (χ2v) is 7.79. The third-order valence-corrected chi connectivity index (χ3v) is 5.15. The van der Waals surface area contributed by atoms with Gasteiger partial charge in [0.05, 0.1) is 6.54 Å². The average Bonchev–Trinajstić information content (AvgIpc) is 3.02. The van der Waals surface area contributed by atoms with E-state index in [0.717, 1.165) is 25.6 Å². The number of guanidine groups is 1. The third kappa shape index (κ3) is 6.33. The van der Waals surface area contributed by atoms with E-state index in [4.69, 9.17) is 4.99 Å². The number of hydrogen-bond donors (Lipinski definition) is 2. The maximum Gasteiger partial charge on any atom is 0.220 e. The largest absolute Gasteiger partial charge is 0.357 e. The Morgan fingerprint density at radius 2 is 1.79 bits per heavy atom. The summed E-state index contributed by atoms with van der Waals surface area (Å²) in [7, 11) is 0. The van der Waals surface area contributed by atoms with Crippen LogP contribution in [0.1, 0.15) is 59.3 Å². The molecule has 2 N–H and O–H groups in total. The fraction of sp³-hybridized carbons (Fsp3) is 0.895. The van der Waals surface area contributed by atoms with Crippen molar-refractivity contribution in [2.75, 3.05) is 32.7 Å². The van der Waals surface area contributed by atoms with Crippen molar-refractivity contribution in [1.29, 1.82) is 0 Å². The standard InChI is InChI=1S/C19H36N4O/c1-4-20-19(23-13-15(2)11-16(3)14-23)22-10-9-21-18(24)12-17-7-5-6-8-17/h15-17H,4-14H2,1-3H3,(H,20,22)(H,21,24). The summed E-state index contributed by atoms with van der Waals surface area (Å²) in [5.41, 5.74) is 0. The Balaban J connectivity index is 1.74. The van der Waals surface area contributed by atoms with Crippen LogP contribution < -0.4 is 10.6 Å². The minimum absolute atomic E-state index is 0.197. The molecule has 2 fully saturated rings. The molecular formula is C19H36N4O. The molecule has 5 nitrogen and oxygen atoms in total. The number of nitrogens with zero attached hydrogens (tertiary/aromatic N) is 2. The molecule has 0 spiro atoms. The van der Waals surface area contributed by atoms with Gasteiger partial charge in [-0.15, -0.1) is 0 Å². The van der Waals surface area contributed by atoms with E-state index in [1.807, 2.05) is 0 Å². The molecule has 2 rings (SSSR count). The van der Waals surface area contributed by atoms with Crippen molar-refractivity contribution in [2.24, 2.45) is 22.7 Å². The second-order valence-electron chi connectivity index (χ2n) is 7.79. The van der Waals surface area contributed by atoms with Crippen molar-refractivity contribution < 1.29 is 4.79 Å². The number of carbonyl (C=O) groups excluding carboxylic acids is 1. The Morgan fingerprint density at radius 1 is 1.12 bits per heavy atom. The summed E-state index contributed by atoms with van der Waals surface area (Å²) < 4.78 is 0. The van der Waals surface area contributed by atoms with E-state index < -0.39 is 0 Å². The molecule has 1 saturated carbocycles. The first-order chi connectivity index (χ1) is 11.6. The topological polar surface area (TPSA) is 56.7 Å². The van der Waals surface area contributed by atoms with Crippen molar-refractivity contribution in [3.05, 3.63) is 0 Å². The molecule has 0 aromatic heterocycles. The van der Waals surface area contributed by atoms with Crippen molar-refractivity contribution >= 4 is 11.9 Å². The highest BCUT2D eigenvalue weighted by atomic mass is 16.1. The Hall–Kier alpha value is -1.26. The lowest BCUT2D eigenvalue weighted by atomic mass is 9.92. The van der Waals surface area contributed by atoms with Gasteiger partial charge in [0, 0.05) is 32.6 Å². The van der Waals surface area contributed by atoms with Gasteiger partial charge in [-0.3, -0.25) is 9.79 Å². The third-order valence-electron chi connectivity index (χ3n) is 5.15. The van der Waals surface area contributed by atoms with Gasteiger partial charge in [-0.05, 0) is 43.9 Å². The lowest BCUT2D eigenvalue weighted by Gasteiger charge is -2.37. The second kappa shape index (κ2) is 9.90. The van der Waals surface area contributed by atoms with Crippen molar-refractivity contribution in [3.8, 4) is 0 Å². The average molecular weight is 337 g/mol. The number of nitrogens with one attached hydrogen (secondary N) is 2. The summed E-state index contributed by atoms with van der Waals surface area (Å²) in [6.45, 7) is 11.1. The summed E-state index contributed by atoms with van der Waals surface area (Å²) >= 11 is 0. The van der Waals surface area contributed by atoms with E-state index in [-0.39, 0.29) is 5.91 Å². The molecule has 1 aliphatic heterocycles. The Morgan fingerprint density at radius 3 is 2.42 bits per heavy atom. The molecule has 0 aromatic carbocycles. The predicted octanol–water partition coefficient (Wildman–Crippen LogP) is 2.63. The molecule has 0 radical (unpaired) electrons. The van der Waals surface area contributed by atoms with Gasteiger partial charge in [-0.25, -0.2) is 0 Å². The van der Waals surface area contributed by atoms with Crippen molar-refractivity contribution in [1.82, 2.24) is 15.5 Å². The molecule has 24 heavy (non-hydrogen) atoms. The van der Waals surface area contributed by atoms with Crippen LogP contribution in [0.5, 0.6) is 0 Å². The number of rotatable bonds is 6. The molecule has 1 aliphatic carbocycles. The fourth-order valence-corrected chi connectivity index (χ4v) is 4.17. The fourth-order valence-electron chi connectivity index (χ4n) is 4.17. The molecule has 2 aliphatic rings. The SMILES string of the molecule is CCNC(=NCCNC(=O)CC1CCCC1)N1CC(C)CC(C)C1. The minimum atomic E-state index is 0.197. The number of piperidine rings is 1. The van der Waals surface area contributed by atoms with Crippen LogP contribution in [0.25, 0.3) is 0 Å².